The molecule has 0 unspecified atom stereocenters. The molecule has 1 saturated heterocycles. The fourth-order valence-electron chi connectivity index (χ4n) is 2.71. The van der Waals surface area contributed by atoms with E-state index in [2.05, 4.69) is 21.0 Å². The number of anilines is 1. The zero-order valence-corrected chi connectivity index (χ0v) is 13.2. The molecule has 1 N–H and O–H groups in total. The van der Waals surface area contributed by atoms with Crippen LogP contribution in [0.15, 0.2) is 24.3 Å². The van der Waals surface area contributed by atoms with Gasteiger partial charge in [-0.1, -0.05) is 6.07 Å². The van der Waals surface area contributed by atoms with Crippen molar-refractivity contribution < 1.29 is 14.3 Å². The summed E-state index contributed by atoms with van der Waals surface area (Å²) in [7, 11) is 1.33. The molecule has 0 radical (unpaired) electrons. The van der Waals surface area contributed by atoms with Gasteiger partial charge in [0.05, 0.1) is 18.7 Å². The molecule has 0 aromatic heterocycles. The van der Waals surface area contributed by atoms with Crippen LogP contribution in [-0.2, 0) is 9.53 Å². The number of benzene rings is 1. The number of ether oxygens (including phenoxy) is 1. The van der Waals surface area contributed by atoms with Gasteiger partial charge in [-0.15, -0.1) is 0 Å². The van der Waals surface area contributed by atoms with Crippen molar-refractivity contribution in [3.05, 3.63) is 29.8 Å². The molecule has 0 atom stereocenters. The molecular formula is C17H21N3O3. The smallest absolute Gasteiger partial charge is 0.337 e. The summed E-state index contributed by atoms with van der Waals surface area (Å²) >= 11 is 0. The number of methoxy groups -OCH3 is 1. The highest BCUT2D eigenvalue weighted by atomic mass is 16.5. The lowest BCUT2D eigenvalue weighted by Gasteiger charge is -2.30. The van der Waals surface area contributed by atoms with E-state index in [1.807, 2.05) is 0 Å². The van der Waals surface area contributed by atoms with Crippen LogP contribution in [0.2, 0.25) is 0 Å². The van der Waals surface area contributed by atoms with Gasteiger partial charge in [0, 0.05) is 24.6 Å². The van der Waals surface area contributed by atoms with E-state index < -0.39 is 5.97 Å². The summed E-state index contributed by atoms with van der Waals surface area (Å²) in [5.41, 5.74) is 1.02. The van der Waals surface area contributed by atoms with E-state index in [1.165, 1.54) is 7.11 Å². The minimum atomic E-state index is -0.424. The van der Waals surface area contributed by atoms with Crippen LogP contribution in [0.4, 0.5) is 5.69 Å². The van der Waals surface area contributed by atoms with Crippen molar-refractivity contribution in [2.75, 3.05) is 32.1 Å². The summed E-state index contributed by atoms with van der Waals surface area (Å²) in [6.07, 6.45) is 2.10. The number of esters is 1. The number of hydrogen-bond donors (Lipinski definition) is 1. The maximum absolute atomic E-state index is 12.3. The van der Waals surface area contributed by atoms with Gasteiger partial charge in [-0.2, -0.15) is 5.26 Å². The van der Waals surface area contributed by atoms with Crippen molar-refractivity contribution in [2.45, 2.75) is 19.3 Å². The Balaban J connectivity index is 1.88. The van der Waals surface area contributed by atoms with Crippen molar-refractivity contribution in [2.24, 2.45) is 5.92 Å². The van der Waals surface area contributed by atoms with Crippen molar-refractivity contribution in [1.29, 1.82) is 5.26 Å². The molecule has 23 heavy (non-hydrogen) atoms. The number of nitriles is 1. The molecule has 0 aliphatic carbocycles. The minimum Gasteiger partial charge on any atom is -0.465 e. The first-order valence-electron chi connectivity index (χ1n) is 7.72. The molecule has 1 amide bonds. The molecule has 1 aromatic rings. The number of likely N-dealkylation sites (tertiary alicyclic amines) is 1. The van der Waals surface area contributed by atoms with E-state index in [9.17, 15) is 9.59 Å². The Bertz CT molecular complexity index is 601. The fraction of sp³-hybridized carbons (Fsp3) is 0.471. The average Bonchev–Trinajstić information content (AvgIpc) is 2.59. The Labute approximate surface area is 136 Å². The second-order valence-electron chi connectivity index (χ2n) is 5.59. The minimum absolute atomic E-state index is 0.0213. The third kappa shape index (κ3) is 4.80. The number of carbonyl (C=O) groups is 2. The summed E-state index contributed by atoms with van der Waals surface area (Å²) in [5, 5.41) is 11.5. The topological polar surface area (TPSA) is 82.4 Å². The summed E-state index contributed by atoms with van der Waals surface area (Å²) in [5.74, 6) is -0.478. The summed E-state index contributed by atoms with van der Waals surface area (Å²) in [4.78, 5) is 26.1. The van der Waals surface area contributed by atoms with Crippen LogP contribution in [0.1, 0.15) is 29.6 Å². The third-order valence-electron chi connectivity index (χ3n) is 4.05. The lowest BCUT2D eigenvalue weighted by molar-refractivity contribution is -0.121. The van der Waals surface area contributed by atoms with Crippen LogP contribution in [-0.4, -0.2) is 43.5 Å². The highest BCUT2D eigenvalue weighted by molar-refractivity contribution is 5.95. The predicted molar refractivity (Wildman–Crippen MR) is 85.8 cm³/mol. The highest BCUT2D eigenvalue weighted by Crippen LogP contribution is 2.20. The standard InChI is InChI=1S/C17H21N3O3/c1-23-17(22)14-4-2-5-15(12-14)19-16(21)13-6-10-20(11-7-13)9-3-8-18/h2,4-5,12-13H,3,6-7,9-11H2,1H3,(H,19,21). The van der Waals surface area contributed by atoms with E-state index in [0.29, 0.717) is 17.7 Å². The Morgan fingerprint density at radius 3 is 2.78 bits per heavy atom. The number of nitrogens with zero attached hydrogens (tertiary/aromatic N) is 2. The van der Waals surface area contributed by atoms with Gasteiger partial charge in [0.1, 0.15) is 0 Å². The zero-order valence-electron chi connectivity index (χ0n) is 13.2. The van der Waals surface area contributed by atoms with Crippen molar-refractivity contribution in [3.8, 4) is 6.07 Å². The van der Waals surface area contributed by atoms with Crippen LogP contribution in [0.3, 0.4) is 0 Å². The monoisotopic (exact) mass is 315 g/mol. The second kappa shape index (κ2) is 8.30. The van der Waals surface area contributed by atoms with E-state index >= 15 is 0 Å². The third-order valence-corrected chi connectivity index (χ3v) is 4.05. The zero-order chi connectivity index (χ0) is 16.7. The van der Waals surface area contributed by atoms with Gasteiger partial charge in [-0.3, -0.25) is 4.79 Å². The Morgan fingerprint density at radius 2 is 2.13 bits per heavy atom. The number of piperidine rings is 1. The largest absolute Gasteiger partial charge is 0.465 e. The maximum atomic E-state index is 12.3. The first kappa shape index (κ1) is 17.0. The SMILES string of the molecule is COC(=O)c1cccc(NC(=O)C2CCN(CCC#N)CC2)c1. The molecule has 0 saturated carbocycles. The fourth-order valence-corrected chi connectivity index (χ4v) is 2.71. The van der Waals surface area contributed by atoms with Gasteiger partial charge in [0.15, 0.2) is 0 Å². The lowest BCUT2D eigenvalue weighted by Crippen LogP contribution is -2.38. The Kier molecular flexibility index (Phi) is 6.12. The van der Waals surface area contributed by atoms with Gasteiger partial charge < -0.3 is 15.0 Å². The van der Waals surface area contributed by atoms with Crippen molar-refractivity contribution in [1.82, 2.24) is 4.90 Å². The predicted octanol–water partition coefficient (Wildman–Crippen LogP) is 2.04. The Hall–Kier alpha value is -2.39. The van der Waals surface area contributed by atoms with Crippen LogP contribution < -0.4 is 5.32 Å². The summed E-state index contributed by atoms with van der Waals surface area (Å²) in [6.45, 7) is 2.44. The molecular weight excluding hydrogens is 294 g/mol. The number of hydrogen-bond acceptors (Lipinski definition) is 5. The Morgan fingerprint density at radius 1 is 1.39 bits per heavy atom. The summed E-state index contributed by atoms with van der Waals surface area (Å²) in [6, 6.07) is 8.88. The molecule has 1 heterocycles. The van der Waals surface area contributed by atoms with Gasteiger partial charge in [0.25, 0.3) is 0 Å². The van der Waals surface area contributed by atoms with E-state index in [0.717, 1.165) is 32.5 Å². The lowest BCUT2D eigenvalue weighted by atomic mass is 9.95. The maximum Gasteiger partial charge on any atom is 0.337 e. The first-order valence-corrected chi connectivity index (χ1v) is 7.72. The van der Waals surface area contributed by atoms with Gasteiger partial charge in [-0.05, 0) is 44.1 Å². The molecule has 0 spiro atoms. The van der Waals surface area contributed by atoms with Crippen molar-refractivity contribution in [3.63, 3.8) is 0 Å². The van der Waals surface area contributed by atoms with Crippen LogP contribution >= 0.6 is 0 Å². The number of nitrogens with one attached hydrogen (secondary N) is 1. The van der Waals surface area contributed by atoms with Gasteiger partial charge in [-0.25, -0.2) is 4.79 Å². The molecule has 1 fully saturated rings. The molecule has 6 heteroatoms. The molecule has 122 valence electrons. The second-order valence-corrected chi connectivity index (χ2v) is 5.59. The van der Waals surface area contributed by atoms with Crippen LogP contribution in [0.25, 0.3) is 0 Å². The molecule has 1 aliphatic rings. The molecule has 1 aliphatic heterocycles. The van der Waals surface area contributed by atoms with E-state index in [4.69, 9.17) is 5.26 Å². The number of rotatable bonds is 5. The normalized spacial score (nSPS) is 15.7. The molecule has 6 nitrogen and oxygen atoms in total. The molecule has 2 rings (SSSR count). The van der Waals surface area contributed by atoms with Crippen molar-refractivity contribution >= 4 is 17.6 Å². The summed E-state index contributed by atoms with van der Waals surface area (Å²) < 4.78 is 4.68. The van der Waals surface area contributed by atoms with E-state index in [1.54, 1.807) is 24.3 Å². The quantitative estimate of drug-likeness (QED) is 0.841. The highest BCUT2D eigenvalue weighted by Gasteiger charge is 2.24. The van der Waals surface area contributed by atoms with Crippen LogP contribution in [0, 0.1) is 17.2 Å². The van der Waals surface area contributed by atoms with Gasteiger partial charge >= 0.3 is 5.97 Å². The first-order chi connectivity index (χ1) is 11.1. The molecule has 0 bridgehead atoms. The number of carbonyl (C=O) groups excluding carboxylic acids is 2. The van der Waals surface area contributed by atoms with Gasteiger partial charge in [0.2, 0.25) is 5.91 Å². The van der Waals surface area contributed by atoms with E-state index in [-0.39, 0.29) is 11.8 Å². The average molecular weight is 315 g/mol. The van der Waals surface area contributed by atoms with Crippen LogP contribution in [0.5, 0.6) is 0 Å². The molecule has 1 aromatic carbocycles. The number of amides is 1.